The molecular formula is C15H23N3. The minimum atomic E-state index is 0.598. The van der Waals surface area contributed by atoms with Crippen molar-refractivity contribution in [3.05, 3.63) is 23.0 Å². The molecule has 2 N–H and O–H groups in total. The van der Waals surface area contributed by atoms with Crippen LogP contribution in [0.15, 0.2) is 6.07 Å². The van der Waals surface area contributed by atoms with Crippen molar-refractivity contribution in [2.75, 3.05) is 18.0 Å². The third-order valence-corrected chi connectivity index (χ3v) is 4.71. The number of nitrogens with zero attached hydrogens (tertiary/aromatic N) is 2. The van der Waals surface area contributed by atoms with E-state index in [9.17, 15) is 0 Å². The summed E-state index contributed by atoms with van der Waals surface area (Å²) in [5.74, 6) is 1.84. The Morgan fingerprint density at radius 3 is 2.56 bits per heavy atom. The monoisotopic (exact) mass is 245 g/mol. The highest BCUT2D eigenvalue weighted by Gasteiger charge is 2.36. The maximum atomic E-state index is 5.92. The van der Waals surface area contributed by atoms with Crippen molar-refractivity contribution in [2.24, 2.45) is 17.6 Å². The number of anilines is 1. The normalized spacial score (nSPS) is 26.7. The van der Waals surface area contributed by atoms with Crippen LogP contribution in [0.25, 0.3) is 0 Å². The van der Waals surface area contributed by atoms with E-state index in [-0.39, 0.29) is 0 Å². The second kappa shape index (κ2) is 4.54. The fraction of sp³-hybridized carbons (Fsp3) is 0.667. The smallest absolute Gasteiger partial charge is 0.0448 e. The van der Waals surface area contributed by atoms with Crippen molar-refractivity contribution in [1.29, 1.82) is 0 Å². The SMILES string of the molecule is Cc1cc(N2CC3CCCC3C2)c(CN)c(C)n1. The number of hydrogen-bond acceptors (Lipinski definition) is 3. The summed E-state index contributed by atoms with van der Waals surface area (Å²) < 4.78 is 0. The molecule has 0 bridgehead atoms. The average molecular weight is 245 g/mol. The van der Waals surface area contributed by atoms with Crippen LogP contribution in [0, 0.1) is 25.7 Å². The standard InChI is InChI=1S/C15H23N3/c1-10-6-15(14(7-16)11(2)17-10)18-8-12-4-3-5-13(12)9-18/h6,12-13H,3-5,7-9,16H2,1-2H3. The first-order chi connectivity index (χ1) is 8.69. The van der Waals surface area contributed by atoms with E-state index in [0.717, 1.165) is 23.2 Å². The van der Waals surface area contributed by atoms with E-state index in [4.69, 9.17) is 5.73 Å². The molecule has 0 radical (unpaired) electrons. The largest absolute Gasteiger partial charge is 0.371 e. The van der Waals surface area contributed by atoms with E-state index < -0.39 is 0 Å². The Balaban J connectivity index is 1.92. The molecule has 2 heterocycles. The number of rotatable bonds is 2. The number of aromatic nitrogens is 1. The quantitative estimate of drug-likeness (QED) is 0.870. The van der Waals surface area contributed by atoms with Crippen molar-refractivity contribution in [3.8, 4) is 0 Å². The molecule has 1 aliphatic carbocycles. The summed E-state index contributed by atoms with van der Waals surface area (Å²) in [4.78, 5) is 7.10. The van der Waals surface area contributed by atoms with Crippen LogP contribution < -0.4 is 10.6 Å². The molecule has 2 atom stereocenters. The zero-order valence-corrected chi connectivity index (χ0v) is 11.4. The van der Waals surface area contributed by atoms with Crippen molar-refractivity contribution in [2.45, 2.75) is 39.7 Å². The Morgan fingerprint density at radius 2 is 1.94 bits per heavy atom. The first-order valence-corrected chi connectivity index (χ1v) is 7.11. The molecule has 3 nitrogen and oxygen atoms in total. The van der Waals surface area contributed by atoms with E-state index in [1.165, 1.54) is 43.6 Å². The van der Waals surface area contributed by atoms with Gasteiger partial charge in [-0.25, -0.2) is 0 Å². The van der Waals surface area contributed by atoms with Gasteiger partial charge in [0.25, 0.3) is 0 Å². The van der Waals surface area contributed by atoms with Gasteiger partial charge in [-0.15, -0.1) is 0 Å². The molecule has 1 saturated heterocycles. The summed E-state index contributed by atoms with van der Waals surface area (Å²) in [6.45, 7) is 7.20. The van der Waals surface area contributed by atoms with Gasteiger partial charge in [0, 0.05) is 42.3 Å². The molecule has 0 spiro atoms. The molecule has 1 saturated carbocycles. The van der Waals surface area contributed by atoms with Crippen LogP contribution in [-0.4, -0.2) is 18.1 Å². The summed E-state index contributed by atoms with van der Waals surface area (Å²) in [5, 5.41) is 0. The number of aryl methyl sites for hydroxylation is 2. The maximum absolute atomic E-state index is 5.92. The van der Waals surface area contributed by atoms with E-state index >= 15 is 0 Å². The molecule has 2 aliphatic rings. The third-order valence-electron chi connectivity index (χ3n) is 4.71. The van der Waals surface area contributed by atoms with E-state index in [0.29, 0.717) is 6.54 Å². The summed E-state index contributed by atoms with van der Waals surface area (Å²) in [6, 6.07) is 2.22. The van der Waals surface area contributed by atoms with Crippen LogP contribution in [0.5, 0.6) is 0 Å². The fourth-order valence-corrected chi connectivity index (χ4v) is 3.80. The van der Waals surface area contributed by atoms with Crippen molar-refractivity contribution in [3.63, 3.8) is 0 Å². The summed E-state index contributed by atoms with van der Waals surface area (Å²) in [6.07, 6.45) is 4.27. The predicted octanol–water partition coefficient (Wildman–Crippen LogP) is 2.39. The molecule has 3 heteroatoms. The number of hydrogen-bond donors (Lipinski definition) is 1. The Morgan fingerprint density at radius 1 is 1.28 bits per heavy atom. The van der Waals surface area contributed by atoms with Gasteiger partial charge in [-0.05, 0) is 44.6 Å². The van der Waals surface area contributed by atoms with Gasteiger partial charge < -0.3 is 10.6 Å². The molecule has 98 valence electrons. The van der Waals surface area contributed by atoms with Gasteiger partial charge in [0.2, 0.25) is 0 Å². The molecule has 1 aliphatic heterocycles. The van der Waals surface area contributed by atoms with Crippen molar-refractivity contribution in [1.82, 2.24) is 4.98 Å². The molecule has 2 unspecified atom stereocenters. The van der Waals surface area contributed by atoms with Gasteiger partial charge in [0.1, 0.15) is 0 Å². The van der Waals surface area contributed by atoms with Crippen LogP contribution in [0.3, 0.4) is 0 Å². The first kappa shape index (κ1) is 12.0. The lowest BCUT2D eigenvalue weighted by Crippen LogP contribution is -2.23. The van der Waals surface area contributed by atoms with Crippen LogP contribution in [0.4, 0.5) is 5.69 Å². The molecule has 3 rings (SSSR count). The van der Waals surface area contributed by atoms with Crippen LogP contribution in [-0.2, 0) is 6.54 Å². The maximum Gasteiger partial charge on any atom is 0.0448 e. The number of nitrogens with two attached hydrogens (primary N) is 1. The van der Waals surface area contributed by atoms with Gasteiger partial charge >= 0.3 is 0 Å². The Kier molecular flexibility index (Phi) is 3.02. The Labute approximate surface area is 109 Å². The van der Waals surface area contributed by atoms with Gasteiger partial charge in [-0.1, -0.05) is 6.42 Å². The van der Waals surface area contributed by atoms with Gasteiger partial charge in [-0.2, -0.15) is 0 Å². The zero-order valence-electron chi connectivity index (χ0n) is 11.4. The molecule has 1 aromatic rings. The lowest BCUT2D eigenvalue weighted by molar-refractivity contribution is 0.494. The second-order valence-corrected chi connectivity index (χ2v) is 5.91. The predicted molar refractivity (Wildman–Crippen MR) is 74.6 cm³/mol. The minimum absolute atomic E-state index is 0.598. The van der Waals surface area contributed by atoms with Gasteiger partial charge in [0.05, 0.1) is 0 Å². The van der Waals surface area contributed by atoms with E-state index in [1.807, 2.05) is 0 Å². The highest BCUT2D eigenvalue weighted by Crippen LogP contribution is 2.40. The van der Waals surface area contributed by atoms with E-state index in [1.54, 1.807) is 0 Å². The molecule has 18 heavy (non-hydrogen) atoms. The number of fused-ring (bicyclic) bond motifs is 1. The first-order valence-electron chi connectivity index (χ1n) is 7.11. The summed E-state index contributed by atoms with van der Waals surface area (Å²) >= 11 is 0. The van der Waals surface area contributed by atoms with Crippen LogP contribution >= 0.6 is 0 Å². The molecule has 2 fully saturated rings. The zero-order chi connectivity index (χ0) is 12.7. The van der Waals surface area contributed by atoms with Crippen molar-refractivity contribution < 1.29 is 0 Å². The van der Waals surface area contributed by atoms with E-state index in [2.05, 4.69) is 29.8 Å². The lowest BCUT2D eigenvalue weighted by Gasteiger charge is -2.24. The summed E-state index contributed by atoms with van der Waals surface area (Å²) in [7, 11) is 0. The topological polar surface area (TPSA) is 42.1 Å². The van der Waals surface area contributed by atoms with Crippen LogP contribution in [0.2, 0.25) is 0 Å². The summed E-state index contributed by atoms with van der Waals surface area (Å²) in [5.41, 5.74) is 10.7. The Hall–Kier alpha value is -1.09. The highest BCUT2D eigenvalue weighted by molar-refractivity contribution is 5.57. The molecule has 0 aromatic carbocycles. The highest BCUT2D eigenvalue weighted by atomic mass is 15.2. The molecule has 0 amide bonds. The average Bonchev–Trinajstić information content (AvgIpc) is 2.87. The van der Waals surface area contributed by atoms with Crippen molar-refractivity contribution >= 4 is 5.69 Å². The second-order valence-electron chi connectivity index (χ2n) is 5.91. The third kappa shape index (κ3) is 1.91. The number of pyridine rings is 1. The molecular weight excluding hydrogens is 222 g/mol. The molecule has 1 aromatic heterocycles. The Bertz CT molecular complexity index is 443. The fourth-order valence-electron chi connectivity index (χ4n) is 3.80. The minimum Gasteiger partial charge on any atom is -0.371 e. The lowest BCUT2D eigenvalue weighted by atomic mass is 10.0. The van der Waals surface area contributed by atoms with Crippen LogP contribution in [0.1, 0.15) is 36.2 Å². The van der Waals surface area contributed by atoms with Gasteiger partial charge in [-0.3, -0.25) is 4.98 Å². The van der Waals surface area contributed by atoms with Gasteiger partial charge in [0.15, 0.2) is 0 Å².